The standard InChI is InChI=1S/C10H9F3N2O2/c1-5-14-8(9(16)17)7-4-6(10(11,12)13)2-3-15(5)7/h2-5,14H,1H3,(H,16,17). The second-order valence-electron chi connectivity index (χ2n) is 3.71. The molecule has 0 aromatic rings. The Hall–Kier alpha value is -1.92. The smallest absolute Gasteiger partial charge is 0.416 e. The van der Waals surface area contributed by atoms with Gasteiger partial charge in [0.25, 0.3) is 0 Å². The van der Waals surface area contributed by atoms with Crippen LogP contribution in [0.15, 0.2) is 35.3 Å². The molecule has 17 heavy (non-hydrogen) atoms. The molecule has 2 N–H and O–H groups in total. The molecule has 0 aliphatic carbocycles. The van der Waals surface area contributed by atoms with Gasteiger partial charge in [-0.05, 0) is 19.1 Å². The molecule has 0 aromatic heterocycles. The fourth-order valence-corrected chi connectivity index (χ4v) is 1.75. The molecule has 0 bridgehead atoms. The Morgan fingerprint density at radius 1 is 1.53 bits per heavy atom. The predicted molar refractivity (Wildman–Crippen MR) is 52.4 cm³/mol. The number of halogens is 3. The predicted octanol–water partition coefficient (Wildman–Crippen LogP) is 1.55. The highest BCUT2D eigenvalue weighted by Gasteiger charge is 2.38. The fraction of sp³-hybridized carbons (Fsp3) is 0.300. The lowest BCUT2D eigenvalue weighted by atomic mass is 10.1. The zero-order chi connectivity index (χ0) is 12.8. The molecule has 2 aliphatic heterocycles. The first-order valence-electron chi connectivity index (χ1n) is 4.80. The van der Waals surface area contributed by atoms with Crippen molar-refractivity contribution < 1.29 is 23.1 Å². The van der Waals surface area contributed by atoms with Crippen molar-refractivity contribution in [1.29, 1.82) is 0 Å². The Morgan fingerprint density at radius 2 is 2.18 bits per heavy atom. The number of carboxylic acids is 1. The molecule has 0 saturated carbocycles. The number of carboxylic acid groups (broad SMARTS) is 1. The van der Waals surface area contributed by atoms with Gasteiger partial charge in [0.2, 0.25) is 0 Å². The van der Waals surface area contributed by atoms with Crippen molar-refractivity contribution in [1.82, 2.24) is 10.2 Å². The van der Waals surface area contributed by atoms with Crippen molar-refractivity contribution in [3.63, 3.8) is 0 Å². The van der Waals surface area contributed by atoms with E-state index in [4.69, 9.17) is 5.11 Å². The quantitative estimate of drug-likeness (QED) is 0.737. The maximum absolute atomic E-state index is 12.5. The minimum absolute atomic E-state index is 0.0276. The molecule has 0 amide bonds. The van der Waals surface area contributed by atoms with Crippen LogP contribution in [-0.2, 0) is 4.79 Å². The van der Waals surface area contributed by atoms with Crippen LogP contribution in [0.2, 0.25) is 0 Å². The van der Waals surface area contributed by atoms with Gasteiger partial charge < -0.3 is 15.3 Å². The second kappa shape index (κ2) is 3.54. The fourth-order valence-electron chi connectivity index (χ4n) is 1.75. The molecule has 0 radical (unpaired) electrons. The van der Waals surface area contributed by atoms with Crippen molar-refractivity contribution in [2.45, 2.75) is 19.3 Å². The number of hydrogen-bond donors (Lipinski definition) is 2. The van der Waals surface area contributed by atoms with Crippen LogP contribution in [0.25, 0.3) is 0 Å². The summed E-state index contributed by atoms with van der Waals surface area (Å²) in [6.45, 7) is 1.66. The molecule has 0 spiro atoms. The highest BCUT2D eigenvalue weighted by molar-refractivity contribution is 5.88. The van der Waals surface area contributed by atoms with Gasteiger partial charge in [0.1, 0.15) is 11.9 Å². The van der Waals surface area contributed by atoms with E-state index in [1.165, 1.54) is 11.1 Å². The lowest BCUT2D eigenvalue weighted by Crippen LogP contribution is -2.32. The van der Waals surface area contributed by atoms with E-state index in [0.717, 1.165) is 12.2 Å². The van der Waals surface area contributed by atoms with E-state index < -0.39 is 17.7 Å². The van der Waals surface area contributed by atoms with Crippen LogP contribution in [-0.4, -0.2) is 28.3 Å². The lowest BCUT2D eigenvalue weighted by molar-refractivity contribution is -0.133. The van der Waals surface area contributed by atoms with Crippen LogP contribution in [0, 0.1) is 0 Å². The maximum Gasteiger partial charge on any atom is 0.416 e. The lowest BCUT2D eigenvalue weighted by Gasteiger charge is -2.24. The summed E-state index contributed by atoms with van der Waals surface area (Å²) in [5.74, 6) is -1.28. The molecule has 7 heteroatoms. The van der Waals surface area contributed by atoms with E-state index in [9.17, 15) is 18.0 Å². The molecule has 2 rings (SSSR count). The Bertz CT molecular complexity index is 463. The third-order valence-electron chi connectivity index (χ3n) is 2.55. The van der Waals surface area contributed by atoms with Crippen LogP contribution < -0.4 is 5.32 Å². The van der Waals surface area contributed by atoms with Gasteiger partial charge in [-0.3, -0.25) is 0 Å². The Labute approximate surface area is 94.7 Å². The summed E-state index contributed by atoms with van der Waals surface area (Å²) >= 11 is 0. The van der Waals surface area contributed by atoms with Gasteiger partial charge in [-0.15, -0.1) is 0 Å². The average Bonchev–Trinajstić information content (AvgIpc) is 2.54. The summed E-state index contributed by atoms with van der Waals surface area (Å²) in [6.07, 6.45) is -1.87. The van der Waals surface area contributed by atoms with Crippen LogP contribution in [0.4, 0.5) is 13.2 Å². The van der Waals surface area contributed by atoms with Gasteiger partial charge in [-0.2, -0.15) is 13.2 Å². The van der Waals surface area contributed by atoms with Gasteiger partial charge in [0, 0.05) is 6.20 Å². The summed E-state index contributed by atoms with van der Waals surface area (Å²) in [4.78, 5) is 12.3. The third-order valence-corrected chi connectivity index (χ3v) is 2.55. The second-order valence-corrected chi connectivity index (χ2v) is 3.71. The van der Waals surface area contributed by atoms with Gasteiger partial charge in [-0.25, -0.2) is 4.79 Å². The molecule has 0 aromatic carbocycles. The maximum atomic E-state index is 12.5. The number of allylic oxidation sites excluding steroid dienone is 3. The van der Waals surface area contributed by atoms with E-state index >= 15 is 0 Å². The first-order chi connectivity index (χ1) is 7.80. The van der Waals surface area contributed by atoms with Crippen molar-refractivity contribution in [2.24, 2.45) is 0 Å². The number of aliphatic carboxylic acids is 1. The summed E-state index contributed by atoms with van der Waals surface area (Å²) < 4.78 is 37.5. The number of nitrogens with one attached hydrogen (secondary N) is 1. The van der Waals surface area contributed by atoms with Crippen molar-refractivity contribution in [3.05, 3.63) is 35.3 Å². The number of nitrogens with zero attached hydrogens (tertiary/aromatic N) is 1. The minimum Gasteiger partial charge on any atom is -0.477 e. The van der Waals surface area contributed by atoms with E-state index in [-0.39, 0.29) is 17.6 Å². The largest absolute Gasteiger partial charge is 0.477 e. The molecular weight excluding hydrogens is 237 g/mol. The third kappa shape index (κ3) is 1.88. The zero-order valence-electron chi connectivity index (χ0n) is 8.75. The monoisotopic (exact) mass is 246 g/mol. The van der Waals surface area contributed by atoms with Crippen LogP contribution in [0.3, 0.4) is 0 Å². The summed E-state index contributed by atoms with van der Waals surface area (Å²) in [6, 6.07) is 0. The molecule has 92 valence electrons. The molecule has 2 aliphatic rings. The molecule has 1 atom stereocenters. The zero-order valence-corrected chi connectivity index (χ0v) is 8.75. The van der Waals surface area contributed by atoms with E-state index in [1.54, 1.807) is 6.92 Å². The molecule has 2 heterocycles. The number of hydrogen-bond acceptors (Lipinski definition) is 3. The molecule has 0 fully saturated rings. The van der Waals surface area contributed by atoms with E-state index in [0.29, 0.717) is 0 Å². The molecule has 0 saturated heterocycles. The first kappa shape index (κ1) is 11.6. The number of carbonyl (C=O) groups is 1. The minimum atomic E-state index is -4.48. The Morgan fingerprint density at radius 3 is 2.71 bits per heavy atom. The number of alkyl halides is 3. The summed E-state index contributed by atoms with van der Waals surface area (Å²) in [5, 5.41) is 11.5. The summed E-state index contributed by atoms with van der Waals surface area (Å²) in [7, 11) is 0. The molecular formula is C10H9F3N2O2. The van der Waals surface area contributed by atoms with Crippen molar-refractivity contribution >= 4 is 5.97 Å². The van der Waals surface area contributed by atoms with Gasteiger partial charge >= 0.3 is 12.1 Å². The van der Waals surface area contributed by atoms with Crippen LogP contribution >= 0.6 is 0 Å². The van der Waals surface area contributed by atoms with Gasteiger partial charge in [0.15, 0.2) is 0 Å². The summed E-state index contributed by atoms with van der Waals surface area (Å²) in [5.41, 5.74) is -1.05. The van der Waals surface area contributed by atoms with Crippen LogP contribution in [0.5, 0.6) is 0 Å². The Kier molecular flexibility index (Phi) is 2.41. The van der Waals surface area contributed by atoms with E-state index in [1.807, 2.05) is 0 Å². The Balaban J connectivity index is 2.46. The number of fused-ring (bicyclic) bond motifs is 1. The first-order valence-corrected chi connectivity index (χ1v) is 4.80. The van der Waals surface area contributed by atoms with Gasteiger partial charge in [0.05, 0.1) is 11.3 Å². The highest BCUT2D eigenvalue weighted by Crippen LogP contribution is 2.34. The topological polar surface area (TPSA) is 52.6 Å². The molecule has 1 unspecified atom stereocenters. The van der Waals surface area contributed by atoms with Crippen LogP contribution in [0.1, 0.15) is 6.92 Å². The number of rotatable bonds is 1. The highest BCUT2D eigenvalue weighted by atomic mass is 19.4. The van der Waals surface area contributed by atoms with E-state index in [2.05, 4.69) is 5.32 Å². The van der Waals surface area contributed by atoms with Gasteiger partial charge in [-0.1, -0.05) is 0 Å². The van der Waals surface area contributed by atoms with Crippen molar-refractivity contribution in [3.8, 4) is 0 Å². The SMILES string of the molecule is CC1NC(C(=O)O)=C2C=C(C(F)(F)F)C=CN21. The average molecular weight is 246 g/mol. The normalized spacial score (nSPS) is 23.4. The molecule has 4 nitrogen and oxygen atoms in total. The van der Waals surface area contributed by atoms with Crippen molar-refractivity contribution in [2.75, 3.05) is 0 Å².